The largest absolute Gasteiger partial charge is 0.333 e. The van der Waals surface area contributed by atoms with Crippen molar-refractivity contribution in [3.8, 4) is 0 Å². The molecule has 1 aliphatic heterocycles. The molecule has 2 fully saturated rings. The van der Waals surface area contributed by atoms with Gasteiger partial charge in [0.05, 0.1) is 13.1 Å². The van der Waals surface area contributed by atoms with E-state index >= 15 is 0 Å². The molecule has 0 bridgehead atoms. The maximum absolute atomic E-state index is 12.4. The van der Waals surface area contributed by atoms with Crippen molar-refractivity contribution in [2.75, 3.05) is 13.1 Å². The second-order valence-electron chi connectivity index (χ2n) is 4.97. The maximum Gasteiger partial charge on any atom is 0.325 e. The molecule has 0 aromatic carbocycles. The van der Waals surface area contributed by atoms with E-state index in [0.29, 0.717) is 6.54 Å². The number of rotatable bonds is 5. The quantitative estimate of drug-likeness (QED) is 0.816. The molecule has 1 aromatic heterocycles. The van der Waals surface area contributed by atoms with Crippen molar-refractivity contribution in [2.24, 2.45) is 0 Å². The van der Waals surface area contributed by atoms with Crippen LogP contribution in [0.1, 0.15) is 17.7 Å². The Balaban J connectivity index is 1.66. The van der Waals surface area contributed by atoms with Crippen molar-refractivity contribution >= 4 is 29.2 Å². The molecular formula is C13H15N3O3S. The van der Waals surface area contributed by atoms with Gasteiger partial charge in [-0.05, 0) is 24.3 Å². The Kier molecular flexibility index (Phi) is 3.43. The average Bonchev–Trinajstić information content (AvgIpc) is 3.06. The molecule has 2 aliphatic rings. The first-order chi connectivity index (χ1) is 9.65. The highest BCUT2D eigenvalue weighted by atomic mass is 32.1. The zero-order valence-electron chi connectivity index (χ0n) is 10.9. The van der Waals surface area contributed by atoms with Crippen LogP contribution in [0, 0.1) is 0 Å². The van der Waals surface area contributed by atoms with Crippen molar-refractivity contribution in [1.82, 2.24) is 15.1 Å². The summed E-state index contributed by atoms with van der Waals surface area (Å²) >= 11 is 1.60. The van der Waals surface area contributed by atoms with Gasteiger partial charge in [-0.15, -0.1) is 11.3 Å². The fraction of sp³-hybridized carbons (Fsp3) is 0.462. The standard InChI is InChI=1S/C13H15N3O3S/c17-11-6-14-13(19)16(11)8-12(18)15(9-3-4-9)7-10-2-1-5-20-10/h1-2,5,9H,3-4,6-8H2,(H,14,19). The molecule has 1 saturated carbocycles. The summed E-state index contributed by atoms with van der Waals surface area (Å²) in [5, 5.41) is 4.40. The van der Waals surface area contributed by atoms with Crippen molar-refractivity contribution in [2.45, 2.75) is 25.4 Å². The summed E-state index contributed by atoms with van der Waals surface area (Å²) in [5.41, 5.74) is 0. The Morgan fingerprint density at radius 2 is 2.25 bits per heavy atom. The first kappa shape index (κ1) is 13.1. The molecule has 20 heavy (non-hydrogen) atoms. The fourth-order valence-corrected chi connectivity index (χ4v) is 2.92. The summed E-state index contributed by atoms with van der Waals surface area (Å²) in [5.74, 6) is -0.499. The van der Waals surface area contributed by atoms with Gasteiger partial charge in [-0.3, -0.25) is 14.5 Å². The van der Waals surface area contributed by atoms with E-state index in [-0.39, 0.29) is 30.9 Å². The number of hydrogen-bond donors (Lipinski definition) is 1. The maximum atomic E-state index is 12.4. The minimum absolute atomic E-state index is 0.0134. The van der Waals surface area contributed by atoms with Crippen LogP contribution in [-0.4, -0.2) is 46.8 Å². The fourth-order valence-electron chi connectivity index (χ4n) is 2.22. The van der Waals surface area contributed by atoms with Crippen molar-refractivity contribution in [3.63, 3.8) is 0 Å². The lowest BCUT2D eigenvalue weighted by Crippen LogP contribution is -2.43. The van der Waals surface area contributed by atoms with Gasteiger partial charge in [0.15, 0.2) is 0 Å². The van der Waals surface area contributed by atoms with E-state index in [9.17, 15) is 14.4 Å². The summed E-state index contributed by atoms with van der Waals surface area (Å²) < 4.78 is 0. The minimum atomic E-state index is -0.477. The van der Waals surface area contributed by atoms with Crippen LogP contribution < -0.4 is 5.32 Å². The number of nitrogens with one attached hydrogen (secondary N) is 1. The lowest BCUT2D eigenvalue weighted by Gasteiger charge is -2.23. The zero-order chi connectivity index (χ0) is 14.1. The predicted molar refractivity (Wildman–Crippen MR) is 73.0 cm³/mol. The molecule has 4 amide bonds. The van der Waals surface area contributed by atoms with E-state index in [1.54, 1.807) is 16.2 Å². The van der Waals surface area contributed by atoms with Crippen LogP contribution >= 0.6 is 11.3 Å². The lowest BCUT2D eigenvalue weighted by molar-refractivity contribution is -0.137. The number of urea groups is 1. The predicted octanol–water partition coefficient (Wildman–Crippen LogP) is 0.791. The molecule has 106 valence electrons. The van der Waals surface area contributed by atoms with Crippen molar-refractivity contribution in [3.05, 3.63) is 22.4 Å². The van der Waals surface area contributed by atoms with E-state index < -0.39 is 6.03 Å². The Morgan fingerprint density at radius 1 is 1.45 bits per heavy atom. The van der Waals surface area contributed by atoms with Gasteiger partial charge in [0.2, 0.25) is 5.91 Å². The van der Waals surface area contributed by atoms with Gasteiger partial charge in [-0.1, -0.05) is 6.07 Å². The molecule has 1 N–H and O–H groups in total. The summed E-state index contributed by atoms with van der Waals surface area (Å²) in [6.45, 7) is 0.387. The number of imide groups is 1. The zero-order valence-corrected chi connectivity index (χ0v) is 11.7. The Bertz CT molecular complexity index is 523. The lowest BCUT2D eigenvalue weighted by atomic mass is 10.3. The molecule has 6 nitrogen and oxygen atoms in total. The Morgan fingerprint density at radius 3 is 2.80 bits per heavy atom. The smallest absolute Gasteiger partial charge is 0.325 e. The molecule has 1 saturated heterocycles. The highest BCUT2D eigenvalue weighted by Crippen LogP contribution is 2.29. The molecule has 0 radical (unpaired) electrons. The summed E-state index contributed by atoms with van der Waals surface area (Å²) in [7, 11) is 0. The minimum Gasteiger partial charge on any atom is -0.333 e. The summed E-state index contributed by atoms with van der Waals surface area (Å²) in [4.78, 5) is 39.2. The Labute approximate surface area is 120 Å². The molecule has 2 heterocycles. The number of nitrogens with zero attached hydrogens (tertiary/aromatic N) is 2. The first-order valence-corrected chi connectivity index (χ1v) is 7.43. The van der Waals surface area contributed by atoms with Crippen LogP contribution in [-0.2, 0) is 16.1 Å². The molecular weight excluding hydrogens is 278 g/mol. The van der Waals surface area contributed by atoms with Gasteiger partial charge in [-0.25, -0.2) is 4.79 Å². The van der Waals surface area contributed by atoms with Gasteiger partial charge >= 0.3 is 6.03 Å². The number of carbonyl (C=O) groups excluding carboxylic acids is 3. The topological polar surface area (TPSA) is 69.7 Å². The molecule has 0 atom stereocenters. The summed E-state index contributed by atoms with van der Waals surface area (Å²) in [6.07, 6.45) is 1.99. The average molecular weight is 293 g/mol. The highest BCUT2D eigenvalue weighted by molar-refractivity contribution is 7.09. The SMILES string of the molecule is O=C1CNC(=O)N1CC(=O)N(Cc1cccs1)C1CC1. The van der Waals surface area contributed by atoms with Crippen LogP contribution in [0.15, 0.2) is 17.5 Å². The van der Waals surface area contributed by atoms with Crippen LogP contribution in [0.5, 0.6) is 0 Å². The van der Waals surface area contributed by atoms with E-state index in [1.807, 2.05) is 17.5 Å². The molecule has 0 unspecified atom stereocenters. The number of carbonyl (C=O) groups is 3. The molecule has 1 aliphatic carbocycles. The van der Waals surface area contributed by atoms with Crippen LogP contribution in [0.25, 0.3) is 0 Å². The second-order valence-corrected chi connectivity index (χ2v) is 6.00. The van der Waals surface area contributed by atoms with E-state index in [4.69, 9.17) is 0 Å². The number of amides is 4. The molecule has 3 rings (SSSR count). The van der Waals surface area contributed by atoms with Gasteiger partial charge in [0.25, 0.3) is 5.91 Å². The molecule has 0 spiro atoms. The normalized spacial score (nSPS) is 18.3. The van der Waals surface area contributed by atoms with Gasteiger partial charge in [0.1, 0.15) is 6.54 Å². The number of hydrogen-bond acceptors (Lipinski definition) is 4. The van der Waals surface area contributed by atoms with Crippen molar-refractivity contribution < 1.29 is 14.4 Å². The van der Waals surface area contributed by atoms with E-state index in [1.165, 1.54) is 0 Å². The third-order valence-corrected chi connectivity index (χ3v) is 4.31. The third-order valence-electron chi connectivity index (χ3n) is 3.44. The second kappa shape index (κ2) is 5.24. The molecule has 7 heteroatoms. The van der Waals surface area contributed by atoms with Crippen molar-refractivity contribution in [1.29, 1.82) is 0 Å². The van der Waals surface area contributed by atoms with Crippen LogP contribution in [0.3, 0.4) is 0 Å². The first-order valence-electron chi connectivity index (χ1n) is 6.55. The van der Waals surface area contributed by atoms with Gasteiger partial charge < -0.3 is 10.2 Å². The van der Waals surface area contributed by atoms with Crippen LogP contribution in [0.4, 0.5) is 4.79 Å². The summed E-state index contributed by atoms with van der Waals surface area (Å²) in [6, 6.07) is 3.72. The van der Waals surface area contributed by atoms with E-state index in [2.05, 4.69) is 5.32 Å². The number of thiophene rings is 1. The monoisotopic (exact) mass is 293 g/mol. The van der Waals surface area contributed by atoms with Gasteiger partial charge in [0, 0.05) is 10.9 Å². The van der Waals surface area contributed by atoms with E-state index in [0.717, 1.165) is 22.6 Å². The Hall–Kier alpha value is -1.89. The highest BCUT2D eigenvalue weighted by Gasteiger charge is 2.36. The molecule has 1 aromatic rings. The van der Waals surface area contributed by atoms with Gasteiger partial charge in [-0.2, -0.15) is 0 Å². The third kappa shape index (κ3) is 2.67. The van der Waals surface area contributed by atoms with Crippen LogP contribution in [0.2, 0.25) is 0 Å².